The van der Waals surface area contributed by atoms with Gasteiger partial charge in [0.2, 0.25) is 0 Å². The number of rotatable bonds is 3. The number of carbonyl (C=O) groups is 1. The Morgan fingerprint density at radius 3 is 2.72 bits per heavy atom. The van der Waals surface area contributed by atoms with Crippen molar-refractivity contribution in [1.29, 1.82) is 0 Å². The maximum atomic E-state index is 10.5. The predicted octanol–water partition coefficient (Wildman–Crippen LogP) is -0.242. The molecule has 2 unspecified atom stereocenters. The normalized spacial score (nSPS) is 18.3. The minimum atomic E-state index is 0. The Morgan fingerprint density at radius 1 is 1.39 bits per heavy atom. The van der Waals surface area contributed by atoms with Gasteiger partial charge in [0.05, 0.1) is 0 Å². The van der Waals surface area contributed by atoms with E-state index >= 15 is 0 Å². The van der Waals surface area contributed by atoms with Crippen LogP contribution in [-0.4, -0.2) is 18.5 Å². The molecule has 1 aliphatic carbocycles. The van der Waals surface area contributed by atoms with Crippen molar-refractivity contribution in [3.63, 3.8) is 0 Å². The number of aldehydes is 1. The van der Waals surface area contributed by atoms with Gasteiger partial charge in [0, 0.05) is 7.11 Å². The molecule has 0 fully saturated rings. The molecular weight excluding hydrogens is 235 g/mol. The van der Waals surface area contributed by atoms with E-state index in [1.165, 1.54) is 30.4 Å². The monoisotopic (exact) mass is 256 g/mol. The molecule has 94 valence electrons. The summed E-state index contributed by atoms with van der Waals surface area (Å²) in [5.41, 5.74) is 2.93. The number of hydrogen-bond donors (Lipinski definition) is 1. The van der Waals surface area contributed by atoms with E-state index < -0.39 is 0 Å². The molecule has 2 nitrogen and oxygen atoms in total. The molecule has 0 aromatic heterocycles. The molecule has 1 aromatic rings. The van der Waals surface area contributed by atoms with Gasteiger partial charge in [-0.2, -0.15) is 0 Å². The van der Waals surface area contributed by atoms with Crippen molar-refractivity contribution in [2.75, 3.05) is 7.11 Å². The zero-order chi connectivity index (χ0) is 12.7. The number of hydrogen-bond acceptors (Lipinski definition) is 2. The van der Waals surface area contributed by atoms with Crippen molar-refractivity contribution in [1.82, 2.24) is 0 Å². The maximum absolute atomic E-state index is 10.5. The van der Waals surface area contributed by atoms with Gasteiger partial charge in [0.15, 0.2) is 0 Å². The summed E-state index contributed by atoms with van der Waals surface area (Å²) in [6, 6.07) is 8.64. The first kappa shape index (κ1) is 17.7. The van der Waals surface area contributed by atoms with Crippen LogP contribution in [0.5, 0.6) is 0 Å². The van der Waals surface area contributed by atoms with Gasteiger partial charge in [-0.05, 0) is 42.6 Å². The van der Waals surface area contributed by atoms with Crippen LogP contribution in [0.4, 0.5) is 0 Å². The van der Waals surface area contributed by atoms with Gasteiger partial charge in [0.25, 0.3) is 0 Å². The summed E-state index contributed by atoms with van der Waals surface area (Å²) < 4.78 is 0. The Morgan fingerprint density at radius 2 is 2.06 bits per heavy atom. The molecule has 3 heteroatoms. The molecule has 0 heterocycles. The van der Waals surface area contributed by atoms with Crippen LogP contribution in [0.3, 0.4) is 0 Å². The van der Waals surface area contributed by atoms with Crippen molar-refractivity contribution in [2.45, 2.75) is 32.1 Å². The fraction of sp³-hybridized carbons (Fsp3) is 0.467. The van der Waals surface area contributed by atoms with E-state index in [4.69, 9.17) is 5.11 Å². The largest absolute Gasteiger partial charge is 1.00 e. The van der Waals surface area contributed by atoms with Gasteiger partial charge in [0.1, 0.15) is 0 Å². The van der Waals surface area contributed by atoms with Crippen LogP contribution in [0.15, 0.2) is 24.3 Å². The van der Waals surface area contributed by atoms with E-state index in [1.54, 1.807) is 6.42 Å². The molecule has 1 aromatic carbocycles. The molecule has 0 amide bonds. The van der Waals surface area contributed by atoms with Crippen molar-refractivity contribution in [3.8, 4) is 0 Å². The third-order valence-electron chi connectivity index (χ3n) is 3.43. The molecule has 0 bridgehead atoms. The van der Waals surface area contributed by atoms with Gasteiger partial charge in [-0.1, -0.05) is 31.2 Å². The second-order valence-corrected chi connectivity index (χ2v) is 4.39. The summed E-state index contributed by atoms with van der Waals surface area (Å²) in [5.74, 6) is 0.907. The van der Waals surface area contributed by atoms with Crippen LogP contribution in [0.1, 0.15) is 36.8 Å². The van der Waals surface area contributed by atoms with E-state index in [1.807, 2.05) is 0 Å². The van der Waals surface area contributed by atoms with E-state index in [2.05, 4.69) is 31.2 Å². The molecule has 0 radical (unpaired) electrons. The summed E-state index contributed by atoms with van der Waals surface area (Å²) in [7, 11) is 1.00. The van der Waals surface area contributed by atoms with Crippen molar-refractivity contribution < 1.29 is 39.5 Å². The SMILES string of the molecule is CC([CH-]C=O)C1CCCc2ccccc21.CO.[Na+]. The fourth-order valence-corrected chi connectivity index (χ4v) is 2.60. The van der Waals surface area contributed by atoms with Crippen LogP contribution >= 0.6 is 0 Å². The maximum Gasteiger partial charge on any atom is 1.00 e. The van der Waals surface area contributed by atoms with Crippen molar-refractivity contribution in [2.24, 2.45) is 5.92 Å². The van der Waals surface area contributed by atoms with Crippen LogP contribution in [0, 0.1) is 12.3 Å². The molecule has 0 saturated heterocycles. The molecule has 0 saturated carbocycles. The number of fused-ring (bicyclic) bond motifs is 1. The minimum Gasteiger partial charge on any atom is -0.400 e. The number of aliphatic hydroxyl groups excluding tert-OH is 1. The number of carbonyl (C=O) groups excluding carboxylic acids is 1. The zero-order valence-corrected chi connectivity index (χ0v) is 13.6. The molecule has 2 atom stereocenters. The second-order valence-electron chi connectivity index (χ2n) is 4.39. The second kappa shape index (κ2) is 9.62. The standard InChI is InChI=1S/C14H17O.CH4O.Na/c1-11(9-10-15)13-8-4-6-12-5-2-3-7-14(12)13;1-2;/h2-3,5,7,9-11,13H,4,6,8H2,1H3;2H,1H3;/q-1;;+1. The first-order valence-corrected chi connectivity index (χ1v) is 6.14. The Balaban J connectivity index is 0.000000917. The zero-order valence-electron chi connectivity index (χ0n) is 11.6. The first-order chi connectivity index (χ1) is 8.33. The van der Waals surface area contributed by atoms with Crippen LogP contribution < -0.4 is 29.6 Å². The topological polar surface area (TPSA) is 37.3 Å². The van der Waals surface area contributed by atoms with Crippen LogP contribution in [-0.2, 0) is 11.2 Å². The molecular formula is C15H21NaO2. The third-order valence-corrected chi connectivity index (χ3v) is 3.43. The van der Waals surface area contributed by atoms with Crippen molar-refractivity contribution in [3.05, 3.63) is 41.8 Å². The summed E-state index contributed by atoms with van der Waals surface area (Å²) >= 11 is 0. The van der Waals surface area contributed by atoms with Crippen LogP contribution in [0.25, 0.3) is 0 Å². The Hall–Kier alpha value is -0.280. The van der Waals surface area contributed by atoms with Gasteiger partial charge < -0.3 is 16.3 Å². The molecule has 18 heavy (non-hydrogen) atoms. The molecule has 2 rings (SSSR count). The van der Waals surface area contributed by atoms with E-state index in [0.29, 0.717) is 11.8 Å². The van der Waals surface area contributed by atoms with Crippen LogP contribution in [0.2, 0.25) is 0 Å². The molecule has 1 aliphatic rings. The summed E-state index contributed by atoms with van der Waals surface area (Å²) in [6.07, 6.45) is 6.37. The number of aliphatic hydroxyl groups is 1. The minimum absolute atomic E-state index is 0. The Labute approximate surface area is 132 Å². The van der Waals surface area contributed by atoms with E-state index in [9.17, 15) is 4.79 Å². The summed E-state index contributed by atoms with van der Waals surface area (Å²) in [6.45, 7) is 2.14. The van der Waals surface area contributed by atoms with Gasteiger partial charge in [-0.25, -0.2) is 0 Å². The Bertz CT molecular complexity index is 352. The van der Waals surface area contributed by atoms with Gasteiger partial charge >= 0.3 is 29.6 Å². The molecule has 0 aliphatic heterocycles. The average Bonchev–Trinajstić information content (AvgIpc) is 2.40. The third kappa shape index (κ3) is 4.43. The predicted molar refractivity (Wildman–Crippen MR) is 69.8 cm³/mol. The van der Waals surface area contributed by atoms with E-state index in [-0.39, 0.29) is 29.6 Å². The average molecular weight is 256 g/mol. The quantitative estimate of drug-likeness (QED) is 0.460. The fourth-order valence-electron chi connectivity index (χ4n) is 2.60. The smallest absolute Gasteiger partial charge is 0.400 e. The number of benzene rings is 1. The van der Waals surface area contributed by atoms with Crippen molar-refractivity contribution >= 4 is 6.29 Å². The molecule has 1 N–H and O–H groups in total. The number of aryl methyl sites for hydroxylation is 1. The summed E-state index contributed by atoms with van der Waals surface area (Å²) in [4.78, 5) is 10.5. The van der Waals surface area contributed by atoms with Gasteiger partial charge in [-0.15, -0.1) is 5.92 Å². The van der Waals surface area contributed by atoms with Gasteiger partial charge in [-0.3, -0.25) is 0 Å². The summed E-state index contributed by atoms with van der Waals surface area (Å²) in [5, 5.41) is 7.00. The first-order valence-electron chi connectivity index (χ1n) is 6.14. The van der Waals surface area contributed by atoms with E-state index in [0.717, 1.165) is 13.4 Å². The molecule has 0 spiro atoms. The Kier molecular flexibility index (Phi) is 9.47.